The van der Waals surface area contributed by atoms with Crippen LogP contribution >= 0.6 is 0 Å². The summed E-state index contributed by atoms with van der Waals surface area (Å²) in [7, 11) is 0. The number of alkyl halides is 3. The molecule has 0 aliphatic carbocycles. The lowest BCUT2D eigenvalue weighted by atomic mass is 10.0. The van der Waals surface area contributed by atoms with Gasteiger partial charge in [0.05, 0.1) is 6.04 Å². The molecule has 3 rings (SSSR count). The SMILES string of the molecule is NCCC[C@@H](N)C(=O)N[C@H](Cc1ccc2ccccc2c1)C(=O)NCCc1ccc(O)cc1.O=C(O)C(F)(F)F. The largest absolute Gasteiger partial charge is 0.508 e. The molecule has 0 spiro atoms. The van der Waals surface area contributed by atoms with Gasteiger partial charge in [0.15, 0.2) is 0 Å². The van der Waals surface area contributed by atoms with E-state index in [0.29, 0.717) is 38.8 Å². The minimum absolute atomic E-state index is 0.201. The Hall–Kier alpha value is -4.16. The van der Waals surface area contributed by atoms with Gasteiger partial charge in [-0.1, -0.05) is 54.6 Å². The molecule has 12 heteroatoms. The Morgan fingerprint density at radius 1 is 0.900 bits per heavy atom. The number of carbonyl (C=O) groups excluding carboxylic acids is 2. The van der Waals surface area contributed by atoms with E-state index in [2.05, 4.69) is 10.6 Å². The Bertz CT molecular complexity index is 1270. The molecule has 8 N–H and O–H groups in total. The molecule has 0 radical (unpaired) electrons. The summed E-state index contributed by atoms with van der Waals surface area (Å²) in [5, 5.41) is 24.5. The molecule has 0 bridgehead atoms. The average Bonchev–Trinajstić information content (AvgIpc) is 2.92. The number of phenols is 1. The minimum Gasteiger partial charge on any atom is -0.508 e. The first-order chi connectivity index (χ1) is 18.9. The predicted octanol–water partition coefficient (Wildman–Crippen LogP) is 2.63. The number of fused-ring (bicyclic) bond motifs is 1. The maximum absolute atomic E-state index is 13.0. The molecule has 0 saturated heterocycles. The minimum atomic E-state index is -5.08. The first-order valence-electron chi connectivity index (χ1n) is 12.5. The van der Waals surface area contributed by atoms with Crippen LogP contribution in [0.1, 0.15) is 24.0 Å². The summed E-state index contributed by atoms with van der Waals surface area (Å²) in [5.41, 5.74) is 13.4. The molecule has 0 saturated carbocycles. The number of aliphatic carboxylic acids is 1. The predicted molar refractivity (Wildman–Crippen MR) is 144 cm³/mol. The normalized spacial score (nSPS) is 12.5. The second kappa shape index (κ2) is 15.4. The summed E-state index contributed by atoms with van der Waals surface area (Å²) >= 11 is 0. The third-order valence-electron chi connectivity index (χ3n) is 5.83. The quantitative estimate of drug-likeness (QED) is 0.209. The summed E-state index contributed by atoms with van der Waals surface area (Å²) < 4.78 is 31.7. The third-order valence-corrected chi connectivity index (χ3v) is 5.83. The Labute approximate surface area is 229 Å². The van der Waals surface area contributed by atoms with Gasteiger partial charge in [-0.3, -0.25) is 9.59 Å². The van der Waals surface area contributed by atoms with E-state index < -0.39 is 24.2 Å². The molecule has 0 fully saturated rings. The van der Waals surface area contributed by atoms with Crippen molar-refractivity contribution in [1.29, 1.82) is 0 Å². The molecule has 0 heterocycles. The molecule has 9 nitrogen and oxygen atoms in total. The van der Waals surface area contributed by atoms with Crippen molar-refractivity contribution in [2.45, 2.75) is 43.9 Å². The number of halogens is 3. The van der Waals surface area contributed by atoms with Crippen molar-refractivity contribution in [2.75, 3.05) is 13.1 Å². The standard InChI is InChI=1S/C26H32N4O3.C2HF3O2/c27-14-3-6-23(28)25(32)30-24(17-19-7-10-20-4-1-2-5-21(20)16-19)26(33)29-15-13-18-8-11-22(31)12-9-18;3-2(4,5)1(6)7/h1-2,4-5,7-12,16,23-24,31H,3,6,13-15,17,27-28H2,(H,29,33)(H,30,32);(H,6,7)/t23-,24-;/m1./s1. The molecule has 3 aromatic rings. The zero-order chi connectivity index (χ0) is 29.7. The lowest BCUT2D eigenvalue weighted by Crippen LogP contribution is -2.52. The van der Waals surface area contributed by atoms with Crippen molar-refractivity contribution in [1.82, 2.24) is 10.6 Å². The molecule has 2 amide bonds. The fourth-order valence-corrected chi connectivity index (χ4v) is 3.67. The van der Waals surface area contributed by atoms with Crippen molar-refractivity contribution >= 4 is 28.6 Å². The van der Waals surface area contributed by atoms with Crippen LogP contribution in [-0.4, -0.2) is 59.3 Å². The van der Waals surface area contributed by atoms with Gasteiger partial charge < -0.3 is 32.3 Å². The summed E-state index contributed by atoms with van der Waals surface area (Å²) in [6, 6.07) is 19.4. The van der Waals surface area contributed by atoms with Crippen molar-refractivity contribution < 1.29 is 37.8 Å². The third kappa shape index (κ3) is 10.9. The van der Waals surface area contributed by atoms with Crippen molar-refractivity contribution in [3.63, 3.8) is 0 Å². The van der Waals surface area contributed by atoms with Gasteiger partial charge in [-0.2, -0.15) is 13.2 Å². The molecule has 0 aliphatic rings. The number of benzene rings is 3. The lowest BCUT2D eigenvalue weighted by Gasteiger charge is -2.21. The highest BCUT2D eigenvalue weighted by Gasteiger charge is 2.38. The van der Waals surface area contributed by atoms with E-state index >= 15 is 0 Å². The van der Waals surface area contributed by atoms with Crippen LogP contribution in [-0.2, 0) is 27.2 Å². The van der Waals surface area contributed by atoms with Crippen molar-refractivity contribution in [3.8, 4) is 5.75 Å². The van der Waals surface area contributed by atoms with Crippen LogP contribution < -0.4 is 22.1 Å². The number of hydrogen-bond acceptors (Lipinski definition) is 6. The Kier molecular flexibility index (Phi) is 12.4. The molecule has 0 aromatic heterocycles. The van der Waals surface area contributed by atoms with Gasteiger partial charge in [0.25, 0.3) is 0 Å². The Balaban J connectivity index is 0.000000708. The highest BCUT2D eigenvalue weighted by Crippen LogP contribution is 2.17. The molecular formula is C28H33F3N4O5. The van der Waals surface area contributed by atoms with Gasteiger partial charge >= 0.3 is 12.1 Å². The first-order valence-corrected chi connectivity index (χ1v) is 12.5. The van der Waals surface area contributed by atoms with E-state index in [1.807, 2.05) is 54.6 Å². The number of phenolic OH excluding ortho intramolecular Hbond substituents is 1. The number of aromatic hydroxyl groups is 1. The number of carbonyl (C=O) groups is 3. The van der Waals surface area contributed by atoms with E-state index in [9.17, 15) is 27.9 Å². The Morgan fingerprint density at radius 2 is 1.50 bits per heavy atom. The van der Waals surface area contributed by atoms with Crippen LogP contribution in [0.5, 0.6) is 5.75 Å². The summed E-state index contributed by atoms with van der Waals surface area (Å²) in [5.74, 6) is -3.18. The van der Waals surface area contributed by atoms with Crippen molar-refractivity contribution in [3.05, 3.63) is 77.9 Å². The van der Waals surface area contributed by atoms with E-state index in [4.69, 9.17) is 21.4 Å². The average molecular weight is 563 g/mol. The summed E-state index contributed by atoms with van der Waals surface area (Å²) in [4.78, 5) is 34.5. The maximum atomic E-state index is 13.0. The fourth-order valence-electron chi connectivity index (χ4n) is 3.67. The monoisotopic (exact) mass is 562 g/mol. The summed E-state index contributed by atoms with van der Waals surface area (Å²) in [6.45, 7) is 0.867. The smallest absolute Gasteiger partial charge is 0.490 e. The van der Waals surface area contributed by atoms with E-state index in [-0.39, 0.29) is 17.6 Å². The number of rotatable bonds is 11. The zero-order valence-electron chi connectivity index (χ0n) is 21.7. The van der Waals surface area contributed by atoms with Gasteiger partial charge in [0.1, 0.15) is 11.8 Å². The van der Waals surface area contributed by atoms with Gasteiger partial charge in [-0.05, 0) is 59.8 Å². The van der Waals surface area contributed by atoms with E-state index in [1.165, 1.54) is 0 Å². The van der Waals surface area contributed by atoms with Gasteiger partial charge in [0.2, 0.25) is 11.8 Å². The number of amides is 2. The Morgan fingerprint density at radius 3 is 2.10 bits per heavy atom. The number of carboxylic acid groups (broad SMARTS) is 1. The number of nitrogens with one attached hydrogen (secondary N) is 2. The van der Waals surface area contributed by atoms with Crippen LogP contribution in [0.15, 0.2) is 66.7 Å². The number of nitrogens with two attached hydrogens (primary N) is 2. The van der Waals surface area contributed by atoms with E-state index in [1.54, 1.807) is 12.1 Å². The zero-order valence-corrected chi connectivity index (χ0v) is 21.7. The molecule has 0 aliphatic heterocycles. The fraction of sp³-hybridized carbons (Fsp3) is 0.321. The van der Waals surface area contributed by atoms with Crippen LogP contribution in [0.3, 0.4) is 0 Å². The van der Waals surface area contributed by atoms with Crippen LogP contribution in [0.25, 0.3) is 10.8 Å². The van der Waals surface area contributed by atoms with Crippen LogP contribution in [0.2, 0.25) is 0 Å². The van der Waals surface area contributed by atoms with Gasteiger partial charge in [-0.25, -0.2) is 4.79 Å². The highest BCUT2D eigenvalue weighted by atomic mass is 19.4. The number of hydrogen-bond donors (Lipinski definition) is 6. The lowest BCUT2D eigenvalue weighted by molar-refractivity contribution is -0.192. The summed E-state index contributed by atoms with van der Waals surface area (Å²) in [6.07, 6.45) is -3.01. The van der Waals surface area contributed by atoms with Crippen LogP contribution in [0, 0.1) is 0 Å². The molecule has 40 heavy (non-hydrogen) atoms. The topological polar surface area (TPSA) is 168 Å². The second-order valence-electron chi connectivity index (χ2n) is 8.99. The van der Waals surface area contributed by atoms with Crippen molar-refractivity contribution in [2.24, 2.45) is 11.5 Å². The van der Waals surface area contributed by atoms with Gasteiger partial charge in [0, 0.05) is 13.0 Å². The molecule has 2 atom stereocenters. The first kappa shape index (κ1) is 32.1. The van der Waals surface area contributed by atoms with E-state index in [0.717, 1.165) is 21.9 Å². The molecule has 0 unspecified atom stereocenters. The van der Waals surface area contributed by atoms with Crippen LogP contribution in [0.4, 0.5) is 13.2 Å². The molecule has 3 aromatic carbocycles. The van der Waals surface area contributed by atoms with Gasteiger partial charge in [-0.15, -0.1) is 0 Å². The maximum Gasteiger partial charge on any atom is 0.490 e. The molecular weight excluding hydrogens is 529 g/mol. The number of carboxylic acids is 1. The second-order valence-corrected chi connectivity index (χ2v) is 8.99. The highest BCUT2D eigenvalue weighted by molar-refractivity contribution is 5.90. The molecule has 216 valence electrons.